The second kappa shape index (κ2) is 7.10. The van der Waals surface area contributed by atoms with Crippen molar-refractivity contribution in [3.8, 4) is 0 Å². The van der Waals surface area contributed by atoms with E-state index in [1.807, 2.05) is 20.8 Å². The molecule has 0 aromatic rings. The first kappa shape index (κ1) is 19.0. The van der Waals surface area contributed by atoms with Crippen molar-refractivity contribution in [3.63, 3.8) is 0 Å². The molecule has 2 saturated carbocycles. The summed E-state index contributed by atoms with van der Waals surface area (Å²) in [7, 11) is 0. The van der Waals surface area contributed by atoms with E-state index in [4.69, 9.17) is 11.6 Å². The van der Waals surface area contributed by atoms with Gasteiger partial charge in [-0.2, -0.15) is 0 Å². The predicted molar refractivity (Wildman–Crippen MR) is 100 cm³/mol. The van der Waals surface area contributed by atoms with Crippen LogP contribution in [0, 0.1) is 11.3 Å². The van der Waals surface area contributed by atoms with Crippen molar-refractivity contribution < 1.29 is 9.59 Å². The quantitative estimate of drug-likeness (QED) is 0.483. The van der Waals surface area contributed by atoms with Gasteiger partial charge in [-0.3, -0.25) is 9.59 Å². The average Bonchev–Trinajstić information content (AvgIpc) is 3.45. The molecule has 2 amide bonds. The molecule has 0 aromatic carbocycles. The molecule has 1 heterocycles. The number of nitrogens with zero attached hydrogens (tertiary/aromatic N) is 2. The molecule has 146 valence electrons. The molecule has 3 aliphatic rings. The molecular weight excluding hydrogens is 330 g/mol. The van der Waals surface area contributed by atoms with Crippen LogP contribution in [0.5, 0.6) is 0 Å². The molecule has 26 heavy (non-hydrogen) atoms. The molecule has 0 aromatic heterocycles. The number of nitrogens with one attached hydrogen (secondary N) is 1. The van der Waals surface area contributed by atoms with Crippen LogP contribution < -0.4 is 16.9 Å². The topological polar surface area (TPSA) is 105 Å². The van der Waals surface area contributed by atoms with Crippen LogP contribution in [0.2, 0.25) is 0 Å². The normalized spacial score (nSPS) is 25.2. The maximum absolute atomic E-state index is 13.4. The monoisotopic (exact) mass is 363 g/mol. The van der Waals surface area contributed by atoms with Crippen molar-refractivity contribution in [1.82, 2.24) is 15.2 Å². The highest BCUT2D eigenvalue weighted by Gasteiger charge is 2.43. The first-order chi connectivity index (χ1) is 12.2. The van der Waals surface area contributed by atoms with Crippen LogP contribution in [0.4, 0.5) is 0 Å². The number of nitrogens with two attached hydrogens (primary N) is 2. The zero-order chi connectivity index (χ0) is 19.1. The number of hydrogen-bond donors (Lipinski definition) is 3. The summed E-state index contributed by atoms with van der Waals surface area (Å²) >= 11 is 0. The Kier molecular flexibility index (Phi) is 5.19. The van der Waals surface area contributed by atoms with Crippen molar-refractivity contribution in [2.45, 2.75) is 77.4 Å². The summed E-state index contributed by atoms with van der Waals surface area (Å²) in [5.74, 6) is 6.55. The molecule has 1 aliphatic heterocycles. The Balaban J connectivity index is 1.75. The summed E-state index contributed by atoms with van der Waals surface area (Å²) in [6, 6.07) is -0.647. The summed E-state index contributed by atoms with van der Waals surface area (Å²) in [5, 5.41) is 4.50. The van der Waals surface area contributed by atoms with Crippen LogP contribution in [0.1, 0.15) is 59.3 Å². The average molecular weight is 364 g/mol. The van der Waals surface area contributed by atoms with Crippen molar-refractivity contribution in [2.75, 3.05) is 6.54 Å². The summed E-state index contributed by atoms with van der Waals surface area (Å²) in [6.45, 7) is 6.58. The number of rotatable bonds is 6. The van der Waals surface area contributed by atoms with Crippen LogP contribution in [-0.4, -0.2) is 46.4 Å². The molecule has 5 N–H and O–H groups in total. The largest absolute Gasteiger partial charge is 0.401 e. The Morgan fingerprint density at radius 3 is 2.38 bits per heavy atom. The van der Waals surface area contributed by atoms with Crippen LogP contribution in [0.15, 0.2) is 11.9 Å². The zero-order valence-corrected chi connectivity index (χ0v) is 16.2. The van der Waals surface area contributed by atoms with Crippen LogP contribution in [-0.2, 0) is 9.59 Å². The molecule has 3 rings (SSSR count). The van der Waals surface area contributed by atoms with E-state index in [2.05, 4.69) is 5.32 Å². The number of carbonyl (C=O) groups excluding carboxylic acids is 2. The van der Waals surface area contributed by atoms with Crippen molar-refractivity contribution in [2.24, 2.45) is 22.9 Å². The van der Waals surface area contributed by atoms with E-state index in [-0.39, 0.29) is 23.3 Å². The van der Waals surface area contributed by atoms with Gasteiger partial charge in [0.25, 0.3) is 0 Å². The molecule has 7 heteroatoms. The summed E-state index contributed by atoms with van der Waals surface area (Å²) in [6.07, 6.45) is 7.51. The summed E-state index contributed by atoms with van der Waals surface area (Å²) < 4.78 is 0. The summed E-state index contributed by atoms with van der Waals surface area (Å²) in [4.78, 5) is 27.6. The van der Waals surface area contributed by atoms with Crippen molar-refractivity contribution in [3.05, 3.63) is 11.9 Å². The second-order valence-corrected chi connectivity index (χ2v) is 9.09. The Morgan fingerprint density at radius 2 is 1.85 bits per heavy atom. The number of hydrogen-bond acceptors (Lipinski definition) is 5. The fourth-order valence-electron chi connectivity index (χ4n) is 3.70. The number of hydrazine groups is 1. The molecule has 0 bridgehead atoms. The standard InChI is InChI=1S/C19H33N5O2/c1-19(2,3)16(24(21)11-14(20)12-6-7-12)18(26)23-10-4-5-15(23)17(25)22-13-8-9-13/h11-13,15-16H,4-10,20-21H2,1-3H3,(H,22,25)/b14-11-. The van der Waals surface area contributed by atoms with Crippen LogP contribution in [0.3, 0.4) is 0 Å². The maximum atomic E-state index is 13.4. The van der Waals surface area contributed by atoms with Gasteiger partial charge in [0.2, 0.25) is 11.8 Å². The lowest BCUT2D eigenvalue weighted by atomic mass is 9.85. The lowest BCUT2D eigenvalue weighted by molar-refractivity contribution is -0.145. The molecule has 7 nitrogen and oxygen atoms in total. The third-order valence-electron chi connectivity index (χ3n) is 5.46. The first-order valence-electron chi connectivity index (χ1n) is 9.79. The molecule has 1 saturated heterocycles. The number of likely N-dealkylation sites (tertiary alicyclic amines) is 1. The lowest BCUT2D eigenvalue weighted by Crippen LogP contribution is -2.58. The van der Waals surface area contributed by atoms with Gasteiger partial charge in [0, 0.05) is 30.4 Å². The molecule has 0 radical (unpaired) electrons. The van der Waals surface area contributed by atoms with E-state index in [0.29, 0.717) is 24.9 Å². The highest BCUT2D eigenvalue weighted by molar-refractivity contribution is 5.91. The number of amides is 2. The minimum absolute atomic E-state index is 0.0254. The highest BCUT2D eigenvalue weighted by atomic mass is 16.2. The molecule has 2 unspecified atom stereocenters. The fraction of sp³-hybridized carbons (Fsp3) is 0.789. The molecular formula is C19H33N5O2. The Hall–Kier alpha value is -1.76. The number of carbonyl (C=O) groups is 2. The Morgan fingerprint density at radius 1 is 1.19 bits per heavy atom. The van der Waals surface area contributed by atoms with Gasteiger partial charge in [0.05, 0.1) is 0 Å². The third-order valence-corrected chi connectivity index (χ3v) is 5.46. The van der Waals surface area contributed by atoms with E-state index in [1.165, 1.54) is 5.01 Å². The van der Waals surface area contributed by atoms with E-state index in [1.54, 1.807) is 11.1 Å². The van der Waals surface area contributed by atoms with Gasteiger partial charge in [-0.15, -0.1) is 0 Å². The molecule has 0 spiro atoms. The lowest BCUT2D eigenvalue weighted by Gasteiger charge is -2.39. The summed E-state index contributed by atoms with van der Waals surface area (Å²) in [5.41, 5.74) is 6.45. The molecule has 3 fully saturated rings. The Labute approximate surface area is 156 Å². The SMILES string of the molecule is CC(C)(C)C(C(=O)N1CCCC1C(=O)NC1CC1)N(N)/C=C(\N)C1CC1. The van der Waals surface area contributed by atoms with Crippen molar-refractivity contribution >= 4 is 11.8 Å². The van der Waals surface area contributed by atoms with Crippen LogP contribution in [0.25, 0.3) is 0 Å². The van der Waals surface area contributed by atoms with E-state index in [0.717, 1.165) is 37.8 Å². The fourth-order valence-corrected chi connectivity index (χ4v) is 3.70. The zero-order valence-electron chi connectivity index (χ0n) is 16.2. The highest BCUT2D eigenvalue weighted by Crippen LogP contribution is 2.35. The van der Waals surface area contributed by atoms with Gasteiger partial charge < -0.3 is 21.0 Å². The van der Waals surface area contributed by atoms with Gasteiger partial charge in [-0.05, 0) is 43.9 Å². The van der Waals surface area contributed by atoms with Gasteiger partial charge in [-0.1, -0.05) is 20.8 Å². The maximum Gasteiger partial charge on any atom is 0.248 e. The van der Waals surface area contributed by atoms with Crippen molar-refractivity contribution in [1.29, 1.82) is 0 Å². The smallest absolute Gasteiger partial charge is 0.248 e. The number of allylic oxidation sites excluding steroid dienone is 1. The van der Waals surface area contributed by atoms with E-state index >= 15 is 0 Å². The first-order valence-corrected chi connectivity index (χ1v) is 9.79. The van der Waals surface area contributed by atoms with Gasteiger partial charge in [0.1, 0.15) is 12.1 Å². The van der Waals surface area contributed by atoms with Crippen LogP contribution >= 0.6 is 0 Å². The predicted octanol–water partition coefficient (Wildman–Crippen LogP) is 1.06. The van der Waals surface area contributed by atoms with E-state index < -0.39 is 6.04 Å². The minimum Gasteiger partial charge on any atom is -0.401 e. The Bertz CT molecular complexity index is 589. The second-order valence-electron chi connectivity index (χ2n) is 9.09. The van der Waals surface area contributed by atoms with E-state index in [9.17, 15) is 9.59 Å². The minimum atomic E-state index is -0.561. The van der Waals surface area contributed by atoms with Gasteiger partial charge in [0.15, 0.2) is 0 Å². The molecule has 2 atom stereocenters. The third kappa shape index (κ3) is 4.31. The molecule has 2 aliphatic carbocycles. The van der Waals surface area contributed by atoms with Gasteiger partial charge >= 0.3 is 0 Å². The van der Waals surface area contributed by atoms with Gasteiger partial charge in [-0.25, -0.2) is 5.84 Å².